The molecule has 0 bridgehead atoms. The topological polar surface area (TPSA) is 80.8 Å². The average Bonchev–Trinajstić information content (AvgIpc) is 2.85. The highest BCUT2D eigenvalue weighted by atomic mass is 79.9. The summed E-state index contributed by atoms with van der Waals surface area (Å²) < 4.78 is 33.3. The van der Waals surface area contributed by atoms with E-state index in [-0.39, 0.29) is 33.0 Å². The number of ketones is 2. The van der Waals surface area contributed by atoms with E-state index in [4.69, 9.17) is 15.8 Å². The summed E-state index contributed by atoms with van der Waals surface area (Å²) in [4.78, 5) is 30.2. The van der Waals surface area contributed by atoms with Gasteiger partial charge < -0.3 is 9.08 Å². The number of hydrogen-bond donors (Lipinski definition) is 0. The SMILES string of the molecule is CCCN1C2=C(C(=O)CC(C)(C)C2)C(c2cc(Br)ccc2OS(=O)(=O)c2ccc(Cl)cc2)C2=C1CC(C)(C)CC2=O. The van der Waals surface area contributed by atoms with Crippen molar-refractivity contribution in [2.45, 2.75) is 77.5 Å². The fourth-order valence-electron chi connectivity index (χ4n) is 6.44. The van der Waals surface area contributed by atoms with E-state index in [2.05, 4.69) is 55.4 Å². The van der Waals surface area contributed by atoms with E-state index in [9.17, 15) is 18.0 Å². The van der Waals surface area contributed by atoms with Crippen LogP contribution in [0.1, 0.15) is 78.2 Å². The van der Waals surface area contributed by atoms with E-state index in [0.29, 0.717) is 58.4 Å². The molecule has 2 aliphatic carbocycles. The van der Waals surface area contributed by atoms with Crippen LogP contribution in [0.4, 0.5) is 0 Å². The molecular weight excluding hydrogens is 626 g/mol. The third kappa shape index (κ3) is 5.80. The average molecular weight is 661 g/mol. The highest BCUT2D eigenvalue weighted by Gasteiger charge is 2.49. The summed E-state index contributed by atoms with van der Waals surface area (Å²) >= 11 is 9.52. The Morgan fingerprint density at radius 3 is 1.95 bits per heavy atom. The van der Waals surface area contributed by atoms with Crippen molar-refractivity contribution in [3.63, 3.8) is 0 Å². The monoisotopic (exact) mass is 659 g/mol. The van der Waals surface area contributed by atoms with Crippen molar-refractivity contribution in [3.8, 4) is 5.75 Å². The van der Waals surface area contributed by atoms with Gasteiger partial charge in [0.05, 0.1) is 0 Å². The minimum absolute atomic E-state index is 0.0157. The number of carbonyl (C=O) groups is 2. The second-order valence-corrected chi connectivity index (χ2v) is 15.8. The minimum atomic E-state index is -4.23. The largest absolute Gasteiger partial charge is 0.379 e. The summed E-state index contributed by atoms with van der Waals surface area (Å²) in [5.74, 6) is -0.671. The molecule has 41 heavy (non-hydrogen) atoms. The van der Waals surface area contributed by atoms with E-state index < -0.39 is 16.0 Å². The van der Waals surface area contributed by atoms with Gasteiger partial charge in [-0.1, -0.05) is 62.1 Å². The fraction of sp³-hybridized carbons (Fsp3) is 0.438. The second kappa shape index (κ2) is 10.7. The zero-order valence-electron chi connectivity index (χ0n) is 24.0. The quantitative estimate of drug-likeness (QED) is 0.293. The molecule has 0 N–H and O–H groups in total. The van der Waals surface area contributed by atoms with Crippen molar-refractivity contribution >= 4 is 49.2 Å². The summed E-state index contributed by atoms with van der Waals surface area (Å²) in [5.41, 5.74) is 3.03. The van der Waals surface area contributed by atoms with Crippen molar-refractivity contribution in [2.75, 3.05) is 6.54 Å². The molecule has 0 unspecified atom stereocenters. The van der Waals surface area contributed by atoms with Crippen molar-refractivity contribution < 1.29 is 22.2 Å². The molecule has 1 aliphatic heterocycles. The normalized spacial score (nSPS) is 20.7. The lowest BCUT2D eigenvalue weighted by Gasteiger charge is -2.49. The molecule has 0 atom stereocenters. The van der Waals surface area contributed by atoms with Crippen LogP contribution in [0.2, 0.25) is 5.02 Å². The summed E-state index contributed by atoms with van der Waals surface area (Å²) in [6.45, 7) is 11.2. The molecule has 0 amide bonds. The highest BCUT2D eigenvalue weighted by molar-refractivity contribution is 9.10. The maximum Gasteiger partial charge on any atom is 0.339 e. The van der Waals surface area contributed by atoms with Gasteiger partial charge in [0, 0.05) is 62.9 Å². The van der Waals surface area contributed by atoms with Gasteiger partial charge in [0.2, 0.25) is 0 Å². The van der Waals surface area contributed by atoms with E-state index in [1.165, 1.54) is 24.3 Å². The molecule has 0 spiro atoms. The Kier molecular flexibility index (Phi) is 7.84. The van der Waals surface area contributed by atoms with Crippen LogP contribution in [-0.2, 0) is 19.7 Å². The number of allylic oxidation sites excluding steroid dienone is 4. The number of halogens is 2. The van der Waals surface area contributed by atoms with Gasteiger partial charge >= 0.3 is 10.1 Å². The standard InChI is InChI=1S/C32H35BrClNO5S/c1-6-13-35-23-15-31(2,3)17-25(36)29(23)28(30-24(35)16-32(4,5)18-26(30)37)22-14-19(33)7-12-27(22)40-41(38,39)21-10-8-20(34)9-11-21/h7-12,14,28H,6,13,15-18H2,1-5H3. The van der Waals surface area contributed by atoms with Crippen LogP contribution in [0.3, 0.4) is 0 Å². The maximum absolute atomic E-state index is 14.0. The van der Waals surface area contributed by atoms with Gasteiger partial charge in [0.15, 0.2) is 11.6 Å². The molecule has 0 radical (unpaired) electrons. The van der Waals surface area contributed by atoms with E-state index in [1.54, 1.807) is 18.2 Å². The summed E-state index contributed by atoms with van der Waals surface area (Å²) in [6.07, 6.45) is 2.91. The third-order valence-corrected chi connectivity index (χ3v) is 10.0. The number of benzene rings is 2. The molecular formula is C32H35BrClNO5S. The van der Waals surface area contributed by atoms with Crippen LogP contribution in [-0.4, -0.2) is 31.4 Å². The zero-order valence-corrected chi connectivity index (χ0v) is 27.2. The molecule has 0 saturated carbocycles. The van der Waals surface area contributed by atoms with Crippen molar-refractivity contribution in [1.82, 2.24) is 4.90 Å². The first-order valence-electron chi connectivity index (χ1n) is 13.9. The third-order valence-electron chi connectivity index (χ3n) is 8.05. The molecule has 1 heterocycles. The number of hydrogen-bond acceptors (Lipinski definition) is 6. The lowest BCUT2D eigenvalue weighted by Crippen LogP contribution is -2.44. The predicted octanol–water partition coefficient (Wildman–Crippen LogP) is 7.97. The number of rotatable bonds is 6. The van der Waals surface area contributed by atoms with Crippen molar-refractivity contribution in [1.29, 1.82) is 0 Å². The molecule has 0 aromatic heterocycles. The van der Waals surface area contributed by atoms with E-state index in [0.717, 1.165) is 17.8 Å². The molecule has 2 aromatic rings. The number of nitrogens with zero attached hydrogens (tertiary/aromatic N) is 1. The van der Waals surface area contributed by atoms with Gasteiger partial charge in [-0.25, -0.2) is 0 Å². The Morgan fingerprint density at radius 2 is 1.44 bits per heavy atom. The molecule has 2 aromatic carbocycles. The predicted molar refractivity (Wildman–Crippen MR) is 163 cm³/mol. The van der Waals surface area contributed by atoms with Crippen molar-refractivity contribution in [2.24, 2.45) is 10.8 Å². The Bertz CT molecular complexity index is 1550. The van der Waals surface area contributed by atoms with Crippen LogP contribution in [0.5, 0.6) is 5.75 Å². The Labute approximate surface area is 256 Å². The van der Waals surface area contributed by atoms with Crippen LogP contribution >= 0.6 is 27.5 Å². The van der Waals surface area contributed by atoms with Gasteiger partial charge in [-0.05, 0) is 72.6 Å². The highest BCUT2D eigenvalue weighted by Crippen LogP contribution is 2.55. The number of Topliss-reactive ketones (excluding diaryl/α,β-unsaturated/α-hetero) is 2. The van der Waals surface area contributed by atoms with Gasteiger partial charge in [-0.15, -0.1) is 0 Å². The molecule has 3 aliphatic rings. The van der Waals surface area contributed by atoms with Gasteiger partial charge in [-0.3, -0.25) is 9.59 Å². The Hall–Kier alpha value is -2.42. The van der Waals surface area contributed by atoms with E-state index in [1.807, 2.05) is 0 Å². The summed E-state index contributed by atoms with van der Waals surface area (Å²) in [7, 11) is -4.23. The van der Waals surface area contributed by atoms with Crippen molar-refractivity contribution in [3.05, 3.63) is 80.1 Å². The van der Waals surface area contributed by atoms with Crippen LogP contribution in [0.25, 0.3) is 0 Å². The molecule has 0 fully saturated rings. The molecule has 218 valence electrons. The number of carbonyl (C=O) groups excluding carboxylic acids is 2. The first kappa shape index (κ1) is 30.1. The van der Waals surface area contributed by atoms with Gasteiger partial charge in [-0.2, -0.15) is 8.42 Å². The second-order valence-electron chi connectivity index (χ2n) is 12.9. The Morgan fingerprint density at radius 1 is 0.902 bits per heavy atom. The first-order valence-corrected chi connectivity index (χ1v) is 16.5. The van der Waals surface area contributed by atoms with E-state index >= 15 is 0 Å². The summed E-state index contributed by atoms with van der Waals surface area (Å²) in [6, 6.07) is 10.8. The minimum Gasteiger partial charge on any atom is -0.379 e. The van der Waals surface area contributed by atoms with Crippen LogP contribution in [0, 0.1) is 10.8 Å². The lowest BCUT2D eigenvalue weighted by molar-refractivity contribution is -0.119. The Balaban J connectivity index is 1.75. The fourth-order valence-corrected chi connectivity index (χ4v) is 7.90. The van der Waals surface area contributed by atoms with Gasteiger partial charge in [0.1, 0.15) is 10.6 Å². The lowest BCUT2D eigenvalue weighted by atomic mass is 9.63. The maximum atomic E-state index is 14.0. The first-order chi connectivity index (χ1) is 19.1. The zero-order chi connectivity index (χ0) is 29.9. The molecule has 0 saturated heterocycles. The molecule has 5 rings (SSSR count). The van der Waals surface area contributed by atoms with Crippen LogP contribution in [0.15, 0.2) is 74.4 Å². The molecule has 9 heteroatoms. The smallest absolute Gasteiger partial charge is 0.339 e. The van der Waals surface area contributed by atoms with Crippen LogP contribution < -0.4 is 4.18 Å². The molecule has 6 nitrogen and oxygen atoms in total. The van der Waals surface area contributed by atoms with Gasteiger partial charge in [0.25, 0.3) is 0 Å². The summed E-state index contributed by atoms with van der Waals surface area (Å²) in [5, 5.41) is 0.406.